The number of halogens is 2. The molecule has 1 aromatic heterocycles. The van der Waals surface area contributed by atoms with Gasteiger partial charge in [0, 0.05) is 13.1 Å². The second-order valence-electron chi connectivity index (χ2n) is 4.58. The Labute approximate surface area is 124 Å². The molecule has 0 aliphatic carbocycles. The number of amides is 1. The van der Waals surface area contributed by atoms with Gasteiger partial charge in [0.05, 0.1) is 6.33 Å². The third-order valence-electron chi connectivity index (χ3n) is 3.20. The molecule has 0 atom stereocenters. The Morgan fingerprint density at radius 3 is 2.58 bits per heavy atom. The maximum absolute atomic E-state index is 12.2. The van der Waals surface area contributed by atoms with Crippen LogP contribution in [-0.2, 0) is 11.3 Å². The molecule has 0 spiro atoms. The number of nitrogens with zero attached hydrogens (tertiary/aromatic N) is 3. The predicted octanol–water partition coefficient (Wildman–Crippen LogP) is 2.06. The van der Waals surface area contributed by atoms with E-state index in [0.29, 0.717) is 0 Å². The summed E-state index contributed by atoms with van der Waals surface area (Å²) in [5.74, 6) is -0.0416. The van der Waals surface area contributed by atoms with Crippen LogP contribution in [0.25, 0.3) is 0 Å². The molecule has 19 heavy (non-hydrogen) atoms. The average molecular weight is 349 g/mol. The molecule has 1 fully saturated rings. The van der Waals surface area contributed by atoms with E-state index in [2.05, 4.69) is 20.9 Å². The van der Waals surface area contributed by atoms with Gasteiger partial charge in [0.15, 0.2) is 5.15 Å². The lowest BCUT2D eigenvalue weighted by molar-refractivity contribution is -0.131. The van der Waals surface area contributed by atoms with Gasteiger partial charge in [-0.2, -0.15) is 0 Å². The summed E-state index contributed by atoms with van der Waals surface area (Å²) in [5, 5.41) is 0.114. The minimum Gasteiger partial charge on any atom is -0.341 e. The third kappa shape index (κ3) is 3.57. The number of rotatable bonds is 2. The maximum Gasteiger partial charge on any atom is 0.269 e. The summed E-state index contributed by atoms with van der Waals surface area (Å²) in [4.78, 5) is 29.7. The summed E-state index contributed by atoms with van der Waals surface area (Å²) < 4.78 is 1.48. The van der Waals surface area contributed by atoms with Gasteiger partial charge in [-0.05, 0) is 28.8 Å². The molecule has 7 heteroatoms. The van der Waals surface area contributed by atoms with Crippen LogP contribution in [-0.4, -0.2) is 33.4 Å². The molecule has 104 valence electrons. The van der Waals surface area contributed by atoms with Crippen molar-refractivity contribution in [3.05, 3.63) is 26.3 Å². The van der Waals surface area contributed by atoms with Crippen molar-refractivity contribution < 1.29 is 4.79 Å². The molecule has 0 bridgehead atoms. The first-order valence-electron chi connectivity index (χ1n) is 6.28. The Balaban J connectivity index is 2.10. The molecule has 1 amide bonds. The molecule has 1 aromatic rings. The van der Waals surface area contributed by atoms with E-state index < -0.39 is 0 Å². The lowest BCUT2D eigenvalue weighted by Gasteiger charge is -2.20. The molecule has 2 heterocycles. The molecule has 1 saturated heterocycles. The van der Waals surface area contributed by atoms with E-state index in [1.165, 1.54) is 10.9 Å². The molecule has 1 aliphatic heterocycles. The molecule has 0 radical (unpaired) electrons. The highest BCUT2D eigenvalue weighted by Gasteiger charge is 2.17. The van der Waals surface area contributed by atoms with Gasteiger partial charge < -0.3 is 4.90 Å². The molecule has 2 rings (SSSR count). The van der Waals surface area contributed by atoms with Crippen molar-refractivity contribution in [3.63, 3.8) is 0 Å². The number of likely N-dealkylation sites (tertiary alicyclic amines) is 1. The fraction of sp³-hybridized carbons (Fsp3) is 0.583. The highest BCUT2D eigenvalue weighted by molar-refractivity contribution is 9.10. The number of carbonyl (C=O) groups is 1. The average Bonchev–Trinajstić information content (AvgIpc) is 2.68. The molecule has 0 unspecified atom stereocenters. The molecule has 5 nitrogen and oxygen atoms in total. The number of carbonyl (C=O) groups excluding carboxylic acids is 1. The van der Waals surface area contributed by atoms with Crippen molar-refractivity contribution in [1.29, 1.82) is 0 Å². The highest BCUT2D eigenvalue weighted by atomic mass is 79.9. The third-order valence-corrected chi connectivity index (χ3v) is 4.43. The van der Waals surface area contributed by atoms with Crippen LogP contribution in [0.4, 0.5) is 0 Å². The van der Waals surface area contributed by atoms with Gasteiger partial charge in [-0.3, -0.25) is 14.2 Å². The van der Waals surface area contributed by atoms with Crippen molar-refractivity contribution in [2.45, 2.75) is 32.2 Å². The summed E-state index contributed by atoms with van der Waals surface area (Å²) in [5.41, 5.74) is -0.330. The van der Waals surface area contributed by atoms with Crippen LogP contribution in [0.5, 0.6) is 0 Å². The standard InChI is InChI=1S/C12H15BrClN3O2/c13-10-11(14)15-8-17(12(10)19)7-9(18)16-5-3-1-2-4-6-16/h8H,1-7H2. The number of hydrogen-bond acceptors (Lipinski definition) is 3. The summed E-state index contributed by atoms with van der Waals surface area (Å²) in [6.45, 7) is 1.56. The first-order valence-corrected chi connectivity index (χ1v) is 7.45. The highest BCUT2D eigenvalue weighted by Crippen LogP contribution is 2.14. The van der Waals surface area contributed by atoms with E-state index in [0.717, 1.165) is 38.8 Å². The van der Waals surface area contributed by atoms with Crippen LogP contribution >= 0.6 is 27.5 Å². The minimum absolute atomic E-state index is 0.0155. The maximum atomic E-state index is 12.2. The Hall–Kier alpha value is -0.880. The van der Waals surface area contributed by atoms with Crippen molar-refractivity contribution in [3.8, 4) is 0 Å². The van der Waals surface area contributed by atoms with Gasteiger partial charge in [-0.15, -0.1) is 0 Å². The second-order valence-corrected chi connectivity index (χ2v) is 5.73. The first-order chi connectivity index (χ1) is 9.09. The van der Waals surface area contributed by atoms with Crippen LogP contribution in [0.1, 0.15) is 25.7 Å². The summed E-state index contributed by atoms with van der Waals surface area (Å²) in [7, 11) is 0. The lowest BCUT2D eigenvalue weighted by Crippen LogP contribution is -2.37. The van der Waals surface area contributed by atoms with E-state index in [9.17, 15) is 9.59 Å². The molecule has 1 aliphatic rings. The van der Waals surface area contributed by atoms with E-state index >= 15 is 0 Å². The molecule has 0 aromatic carbocycles. The van der Waals surface area contributed by atoms with Gasteiger partial charge in [0.25, 0.3) is 5.56 Å². The smallest absolute Gasteiger partial charge is 0.269 e. The van der Waals surface area contributed by atoms with Crippen molar-refractivity contribution in [2.24, 2.45) is 0 Å². The van der Waals surface area contributed by atoms with Gasteiger partial charge in [0.2, 0.25) is 5.91 Å². The summed E-state index contributed by atoms with van der Waals surface area (Å²) >= 11 is 8.80. The fourth-order valence-electron chi connectivity index (χ4n) is 2.12. The summed E-state index contributed by atoms with van der Waals surface area (Å²) in [6.07, 6.45) is 5.70. The molecular formula is C12H15BrClN3O2. The van der Waals surface area contributed by atoms with Crippen molar-refractivity contribution in [2.75, 3.05) is 13.1 Å². The first kappa shape index (κ1) is 14.5. The monoisotopic (exact) mass is 347 g/mol. The van der Waals surface area contributed by atoms with E-state index in [-0.39, 0.29) is 27.6 Å². The van der Waals surface area contributed by atoms with Crippen LogP contribution in [0.3, 0.4) is 0 Å². The summed E-state index contributed by atoms with van der Waals surface area (Å²) in [6, 6.07) is 0. The van der Waals surface area contributed by atoms with Crippen LogP contribution in [0.15, 0.2) is 15.6 Å². The largest absolute Gasteiger partial charge is 0.341 e. The van der Waals surface area contributed by atoms with Crippen molar-refractivity contribution in [1.82, 2.24) is 14.5 Å². The predicted molar refractivity (Wildman–Crippen MR) is 76.3 cm³/mol. The zero-order valence-corrected chi connectivity index (χ0v) is 12.8. The quantitative estimate of drug-likeness (QED) is 0.769. The topological polar surface area (TPSA) is 55.2 Å². The van der Waals surface area contributed by atoms with Crippen LogP contribution < -0.4 is 5.56 Å². The lowest BCUT2D eigenvalue weighted by atomic mass is 10.2. The van der Waals surface area contributed by atoms with Crippen LogP contribution in [0, 0.1) is 0 Å². The Bertz CT molecular complexity index is 524. The normalized spacial score (nSPS) is 16.2. The van der Waals surface area contributed by atoms with E-state index in [4.69, 9.17) is 11.6 Å². The molecule has 0 N–H and O–H groups in total. The molecule has 0 saturated carbocycles. The fourth-order valence-corrected chi connectivity index (χ4v) is 2.58. The Morgan fingerprint density at radius 1 is 1.32 bits per heavy atom. The Morgan fingerprint density at radius 2 is 1.95 bits per heavy atom. The number of hydrogen-bond donors (Lipinski definition) is 0. The van der Waals surface area contributed by atoms with Gasteiger partial charge in [-0.25, -0.2) is 4.98 Å². The van der Waals surface area contributed by atoms with Crippen LogP contribution in [0.2, 0.25) is 5.15 Å². The number of aromatic nitrogens is 2. The molecular weight excluding hydrogens is 334 g/mol. The van der Waals surface area contributed by atoms with Crippen molar-refractivity contribution >= 4 is 33.4 Å². The van der Waals surface area contributed by atoms with Gasteiger partial charge in [0.1, 0.15) is 11.0 Å². The minimum atomic E-state index is -0.330. The van der Waals surface area contributed by atoms with E-state index in [1.807, 2.05) is 4.90 Å². The zero-order chi connectivity index (χ0) is 13.8. The van der Waals surface area contributed by atoms with Gasteiger partial charge in [-0.1, -0.05) is 24.4 Å². The SMILES string of the molecule is O=C(Cn1cnc(Cl)c(Br)c1=O)N1CCCCCC1. The second kappa shape index (κ2) is 6.52. The Kier molecular flexibility index (Phi) is 4.99. The zero-order valence-electron chi connectivity index (χ0n) is 10.4. The van der Waals surface area contributed by atoms with E-state index in [1.54, 1.807) is 0 Å². The van der Waals surface area contributed by atoms with Gasteiger partial charge >= 0.3 is 0 Å².